The number of benzene rings is 1. The van der Waals surface area contributed by atoms with Crippen LogP contribution in [0, 0.1) is 5.92 Å². The minimum Gasteiger partial charge on any atom is -0.508 e. The number of Topliss-reactive ketones (excluding diaryl/α,β-unsaturated/α-hetero) is 2. The predicted octanol–water partition coefficient (Wildman–Crippen LogP) is -4.20. The average Bonchev–Trinajstić information content (AvgIpc) is 2.98. The van der Waals surface area contributed by atoms with Crippen LogP contribution in [0.3, 0.4) is 0 Å². The first-order valence-corrected chi connectivity index (χ1v) is 13.0. The molecule has 2 aliphatic heterocycles. The van der Waals surface area contributed by atoms with Crippen LogP contribution in [0.1, 0.15) is 5.56 Å². The van der Waals surface area contributed by atoms with Crippen LogP contribution < -0.4 is 0 Å². The number of hydrogen-bond acceptors (Lipinski definition) is 16. The number of phenolic OH excluding ortho intramolecular Hbond substituents is 1. The van der Waals surface area contributed by atoms with E-state index in [9.17, 15) is 70.9 Å². The first-order chi connectivity index (χ1) is 20.2. The molecule has 16 heteroatoms. The van der Waals surface area contributed by atoms with Gasteiger partial charge in [0.25, 0.3) is 0 Å². The number of ether oxygens (including phenoxy) is 2. The van der Waals surface area contributed by atoms with E-state index in [-0.39, 0.29) is 5.75 Å². The molecule has 0 spiro atoms. The first-order valence-electron chi connectivity index (χ1n) is 13.0. The number of aliphatic hydroxyl groups is 11. The van der Waals surface area contributed by atoms with Crippen molar-refractivity contribution in [2.75, 3.05) is 13.2 Å². The summed E-state index contributed by atoms with van der Waals surface area (Å²) >= 11 is 0. The normalized spacial score (nSPS) is 40.3. The number of aliphatic hydroxyl groups excluding tert-OH is 10. The Morgan fingerprint density at radius 2 is 1.44 bits per heavy atom. The second-order valence-corrected chi connectivity index (χ2v) is 10.4. The summed E-state index contributed by atoms with van der Waals surface area (Å²) in [7, 11) is 0. The Morgan fingerprint density at radius 3 is 2.02 bits per heavy atom. The third kappa shape index (κ3) is 5.47. The van der Waals surface area contributed by atoms with Gasteiger partial charge in [0.1, 0.15) is 65.6 Å². The van der Waals surface area contributed by atoms with Gasteiger partial charge in [-0.15, -0.1) is 0 Å². The molecule has 236 valence electrons. The molecule has 2 fully saturated rings. The average molecular weight is 613 g/mol. The van der Waals surface area contributed by atoms with Crippen molar-refractivity contribution in [1.82, 2.24) is 0 Å². The molecule has 11 atom stereocenters. The number of allylic oxidation sites excluding steroid dienone is 2. The van der Waals surface area contributed by atoms with Crippen LogP contribution in [-0.2, 0) is 19.1 Å². The van der Waals surface area contributed by atoms with E-state index in [1.807, 2.05) is 0 Å². The minimum atomic E-state index is -3.63. The van der Waals surface area contributed by atoms with Crippen molar-refractivity contribution in [1.29, 1.82) is 0 Å². The van der Waals surface area contributed by atoms with E-state index in [1.54, 1.807) is 0 Å². The summed E-state index contributed by atoms with van der Waals surface area (Å²) in [6, 6.07) is 5.38. The van der Waals surface area contributed by atoms with E-state index in [0.717, 1.165) is 6.08 Å². The van der Waals surface area contributed by atoms with Crippen molar-refractivity contribution in [2.45, 2.75) is 60.7 Å². The number of aromatic hydroxyl groups is 1. The molecule has 43 heavy (non-hydrogen) atoms. The Kier molecular flexibility index (Phi) is 9.41. The highest BCUT2D eigenvalue weighted by atomic mass is 16.6. The summed E-state index contributed by atoms with van der Waals surface area (Å²) in [5, 5.41) is 125. The fourth-order valence-electron chi connectivity index (χ4n) is 5.30. The molecule has 4 rings (SSSR count). The lowest BCUT2D eigenvalue weighted by Gasteiger charge is -2.48. The molecule has 0 radical (unpaired) electrons. The molecule has 1 aromatic rings. The Bertz CT molecular complexity index is 1320. The maximum absolute atomic E-state index is 13.9. The number of ketones is 2. The molecule has 1 aromatic carbocycles. The highest BCUT2D eigenvalue weighted by Crippen LogP contribution is 2.42. The van der Waals surface area contributed by atoms with Crippen molar-refractivity contribution in [3.63, 3.8) is 0 Å². The summed E-state index contributed by atoms with van der Waals surface area (Å²) in [4.78, 5) is 27.6. The van der Waals surface area contributed by atoms with E-state index in [0.29, 0.717) is 5.56 Å². The molecule has 12 N–H and O–H groups in total. The fourth-order valence-corrected chi connectivity index (χ4v) is 5.30. The molecule has 16 nitrogen and oxygen atoms in total. The number of phenols is 1. The number of hydrogen-bond donors (Lipinski definition) is 12. The molecule has 0 bridgehead atoms. The molecular formula is C27H32O16. The molecule has 3 aliphatic rings. The van der Waals surface area contributed by atoms with E-state index in [1.165, 1.54) is 30.3 Å². The highest BCUT2D eigenvalue weighted by Gasteiger charge is 2.65. The van der Waals surface area contributed by atoms with Gasteiger partial charge in [0.05, 0.1) is 24.9 Å². The van der Waals surface area contributed by atoms with Crippen molar-refractivity contribution >= 4 is 17.6 Å². The van der Waals surface area contributed by atoms with Gasteiger partial charge < -0.3 is 70.8 Å². The van der Waals surface area contributed by atoms with E-state index >= 15 is 0 Å². The fraction of sp³-hybridized carbons (Fsp3) is 0.481. The molecule has 0 saturated carbocycles. The zero-order chi connectivity index (χ0) is 32.0. The third-order valence-electron chi connectivity index (χ3n) is 7.80. The number of carbonyl (C=O) groups excluding carboxylic acids is 2. The SMILES string of the molecule is O=C1C(=C(O)C=Cc2ccc(O)cc2)C(O)=C([C@@H]2O[C@H](CO)[C@@H](O)[C@H](O)[C@H]2O)C(=O)[C@]1(O)[C@@H]1O[C@H](O)[C@@H](O)[C@H](CO)[C@H]1O. The van der Waals surface area contributed by atoms with E-state index in [4.69, 9.17) is 9.47 Å². The predicted molar refractivity (Wildman–Crippen MR) is 139 cm³/mol. The summed E-state index contributed by atoms with van der Waals surface area (Å²) in [5.41, 5.74) is -5.62. The smallest absolute Gasteiger partial charge is 0.219 e. The van der Waals surface area contributed by atoms with Gasteiger partial charge in [0, 0.05) is 5.92 Å². The van der Waals surface area contributed by atoms with Gasteiger partial charge in [-0.05, 0) is 23.8 Å². The zero-order valence-electron chi connectivity index (χ0n) is 22.2. The van der Waals surface area contributed by atoms with Crippen molar-refractivity contribution in [3.05, 3.63) is 58.6 Å². The van der Waals surface area contributed by atoms with Gasteiger partial charge in [-0.25, -0.2) is 0 Å². The summed E-state index contributed by atoms with van der Waals surface area (Å²) in [5.74, 6) is -7.79. The maximum atomic E-state index is 13.9. The molecule has 0 unspecified atom stereocenters. The molecule has 0 amide bonds. The second kappa shape index (κ2) is 12.4. The van der Waals surface area contributed by atoms with Gasteiger partial charge >= 0.3 is 0 Å². The van der Waals surface area contributed by atoms with Crippen LogP contribution in [0.2, 0.25) is 0 Å². The lowest BCUT2D eigenvalue weighted by Crippen LogP contribution is -2.70. The van der Waals surface area contributed by atoms with Crippen LogP contribution in [0.5, 0.6) is 5.75 Å². The van der Waals surface area contributed by atoms with Crippen LogP contribution in [0.4, 0.5) is 0 Å². The zero-order valence-corrected chi connectivity index (χ0v) is 22.2. The maximum Gasteiger partial charge on any atom is 0.219 e. The molecule has 0 aromatic heterocycles. The summed E-state index contributed by atoms with van der Waals surface area (Å²) in [6.07, 6.45) is -16.9. The Morgan fingerprint density at radius 1 is 0.814 bits per heavy atom. The first kappa shape index (κ1) is 32.6. The lowest BCUT2D eigenvalue weighted by molar-refractivity contribution is -0.296. The minimum absolute atomic E-state index is 0.0879. The topological polar surface area (TPSA) is 295 Å². The monoisotopic (exact) mass is 612 g/mol. The van der Waals surface area contributed by atoms with Gasteiger partial charge in [-0.2, -0.15) is 0 Å². The summed E-state index contributed by atoms with van der Waals surface area (Å²) in [6.45, 7) is -2.00. The molecule has 2 saturated heterocycles. The van der Waals surface area contributed by atoms with Crippen molar-refractivity contribution in [2.24, 2.45) is 5.92 Å². The van der Waals surface area contributed by atoms with Crippen LogP contribution >= 0.6 is 0 Å². The lowest BCUT2D eigenvalue weighted by atomic mass is 9.68. The van der Waals surface area contributed by atoms with Gasteiger partial charge in [0.2, 0.25) is 17.2 Å². The molecular weight excluding hydrogens is 580 g/mol. The van der Waals surface area contributed by atoms with Gasteiger partial charge in [0.15, 0.2) is 6.29 Å². The van der Waals surface area contributed by atoms with Gasteiger partial charge in [-0.1, -0.05) is 18.2 Å². The largest absolute Gasteiger partial charge is 0.508 e. The van der Waals surface area contributed by atoms with Crippen LogP contribution in [-0.4, -0.2) is 147 Å². The standard InChI is InChI=1S/C27H32O16/c28-7-11-16(32)25(43-26(40)17(11)33)27(41)23(38)14(12(31)6-3-9-1-4-10(30)5-2-9)19(35)15(24(27)39)22-21(37)20(36)18(34)13(8-29)42-22/h1-6,11,13,16-18,20-22,25-26,28-37,40-41H,7-8H2/t11-,13-,16-,17+,18-,20+,21-,22+,25-,26+,27+/m1/s1. The number of carbonyl (C=O) groups is 2. The van der Waals surface area contributed by atoms with Gasteiger partial charge in [-0.3, -0.25) is 9.59 Å². The van der Waals surface area contributed by atoms with Crippen LogP contribution in [0.25, 0.3) is 6.08 Å². The Labute approximate surface area is 242 Å². The van der Waals surface area contributed by atoms with Crippen molar-refractivity contribution < 1.29 is 80.3 Å². The molecule has 2 heterocycles. The Hall–Kier alpha value is -3.26. The van der Waals surface area contributed by atoms with E-state index in [2.05, 4.69) is 0 Å². The second-order valence-electron chi connectivity index (χ2n) is 10.4. The highest BCUT2D eigenvalue weighted by molar-refractivity contribution is 6.28. The van der Waals surface area contributed by atoms with Crippen molar-refractivity contribution in [3.8, 4) is 5.75 Å². The molecule has 1 aliphatic carbocycles. The third-order valence-corrected chi connectivity index (χ3v) is 7.80. The van der Waals surface area contributed by atoms with Crippen LogP contribution in [0.15, 0.2) is 53.0 Å². The summed E-state index contributed by atoms with van der Waals surface area (Å²) < 4.78 is 10.4. The van der Waals surface area contributed by atoms with E-state index < -0.39 is 114 Å². The quantitative estimate of drug-likeness (QED) is 0.0823. The Balaban J connectivity index is 1.92. The number of rotatable bonds is 6.